The zero-order valence-corrected chi connectivity index (χ0v) is 17.3. The average molecular weight is 468 g/mol. The fourth-order valence-corrected chi connectivity index (χ4v) is 4.78. The van der Waals surface area contributed by atoms with Crippen molar-refractivity contribution < 1.29 is 43.0 Å². The standard InChI is InChI=1S/C11H17BN5O9P2S/c1-29-11-15-8(13)5-9(16-11)17(3-14-5)10-7(19)6(18)4(25-10)2-24-27(12,20)26-28(21,22)23/h3-4,6-7,10,18-20H,2H2,1H3,(H2,13,15,16)(H2,21,22,23). The van der Waals surface area contributed by atoms with Crippen LogP contribution in [-0.2, 0) is 18.1 Å². The van der Waals surface area contributed by atoms with Crippen LogP contribution in [0, 0.1) is 0 Å². The number of rotatable bonds is 7. The van der Waals surface area contributed by atoms with Crippen LogP contribution in [0.15, 0.2) is 11.5 Å². The van der Waals surface area contributed by atoms with Crippen molar-refractivity contribution in [2.45, 2.75) is 29.7 Å². The van der Waals surface area contributed by atoms with Crippen molar-refractivity contribution in [2.24, 2.45) is 0 Å². The van der Waals surface area contributed by atoms with Crippen molar-refractivity contribution in [2.75, 3.05) is 18.6 Å². The molecule has 1 aliphatic rings. The predicted octanol–water partition coefficient (Wildman–Crippen LogP) is -1.29. The molecule has 7 N–H and O–H groups in total. The van der Waals surface area contributed by atoms with Gasteiger partial charge in [0.05, 0.1) is 0 Å². The summed E-state index contributed by atoms with van der Waals surface area (Å²) < 4.78 is 26.5. The van der Waals surface area contributed by atoms with E-state index in [1.165, 1.54) is 22.7 Å². The molecule has 18 heteroatoms. The van der Waals surface area contributed by atoms with E-state index in [9.17, 15) is 19.7 Å². The van der Waals surface area contributed by atoms with E-state index in [-0.39, 0.29) is 17.0 Å². The van der Waals surface area contributed by atoms with Crippen molar-refractivity contribution in [3.05, 3.63) is 6.33 Å². The number of aromatic nitrogens is 4. The first-order valence-corrected chi connectivity index (χ1v) is 12.2. The van der Waals surface area contributed by atoms with Crippen LogP contribution < -0.4 is 5.73 Å². The van der Waals surface area contributed by atoms with Gasteiger partial charge in [0.2, 0.25) is 0 Å². The molecular formula is C11H17BN5O9P2S. The number of nitrogen functional groups attached to an aromatic ring is 1. The molecular weight excluding hydrogens is 451 g/mol. The summed E-state index contributed by atoms with van der Waals surface area (Å²) in [4.78, 5) is 39.5. The number of anilines is 1. The molecule has 1 aliphatic heterocycles. The minimum absolute atomic E-state index is 0.124. The van der Waals surface area contributed by atoms with E-state index in [0.717, 1.165) is 0 Å². The van der Waals surface area contributed by atoms with E-state index >= 15 is 0 Å². The Balaban J connectivity index is 1.80. The van der Waals surface area contributed by atoms with Crippen molar-refractivity contribution in [1.29, 1.82) is 0 Å². The zero-order chi connectivity index (χ0) is 21.6. The van der Waals surface area contributed by atoms with Crippen molar-refractivity contribution in [1.82, 2.24) is 19.5 Å². The second-order valence-corrected chi connectivity index (χ2v) is 9.69. The Morgan fingerprint density at radius 2 is 2.03 bits per heavy atom. The molecule has 0 aliphatic carbocycles. The molecule has 14 nitrogen and oxygen atoms in total. The van der Waals surface area contributed by atoms with Gasteiger partial charge in [-0.05, 0) is 0 Å². The van der Waals surface area contributed by atoms with Crippen molar-refractivity contribution >= 4 is 51.2 Å². The third-order valence-corrected chi connectivity index (χ3v) is 6.72. The zero-order valence-electron chi connectivity index (χ0n) is 14.7. The number of imidazole rings is 1. The molecule has 5 atom stereocenters. The number of nitrogens with two attached hydrogens (primary N) is 1. The number of aliphatic hydroxyl groups excluding tert-OH is 2. The Kier molecular flexibility index (Phi) is 6.54. The van der Waals surface area contributed by atoms with E-state index in [1.54, 1.807) is 6.26 Å². The van der Waals surface area contributed by atoms with E-state index < -0.39 is 46.4 Å². The van der Waals surface area contributed by atoms with E-state index in [0.29, 0.717) is 5.16 Å². The van der Waals surface area contributed by atoms with Gasteiger partial charge < -0.3 is 0 Å². The molecule has 3 rings (SSSR count). The van der Waals surface area contributed by atoms with Gasteiger partial charge >= 0.3 is 168 Å². The molecule has 29 heavy (non-hydrogen) atoms. The van der Waals surface area contributed by atoms with Crippen LogP contribution in [-0.4, -0.2) is 82.8 Å². The predicted molar refractivity (Wildman–Crippen MR) is 101 cm³/mol. The van der Waals surface area contributed by atoms with Crippen LogP contribution in [0.4, 0.5) is 5.82 Å². The third-order valence-electron chi connectivity index (χ3n) is 3.87. The van der Waals surface area contributed by atoms with Gasteiger partial charge in [0.25, 0.3) is 0 Å². The van der Waals surface area contributed by atoms with Crippen LogP contribution in [0.25, 0.3) is 11.2 Å². The number of thioether (sulfide) groups is 1. The van der Waals surface area contributed by atoms with E-state index in [2.05, 4.69) is 19.3 Å². The van der Waals surface area contributed by atoms with E-state index in [4.69, 9.17) is 32.0 Å². The number of hydrogen-bond donors (Lipinski definition) is 6. The fourth-order valence-electron chi connectivity index (χ4n) is 2.65. The Bertz CT molecular complexity index is 1000. The van der Waals surface area contributed by atoms with Gasteiger partial charge in [0.1, 0.15) is 0 Å². The molecule has 2 aromatic rings. The van der Waals surface area contributed by atoms with Gasteiger partial charge in [0, 0.05) is 0 Å². The topological polar surface area (TPSA) is 216 Å². The van der Waals surface area contributed by atoms with Crippen LogP contribution in [0.1, 0.15) is 6.23 Å². The van der Waals surface area contributed by atoms with Gasteiger partial charge in [0.15, 0.2) is 0 Å². The monoisotopic (exact) mass is 468 g/mol. The van der Waals surface area contributed by atoms with Gasteiger partial charge in [-0.15, -0.1) is 0 Å². The second kappa shape index (κ2) is 8.32. The fraction of sp³-hybridized carbons (Fsp3) is 0.545. The molecule has 0 bridgehead atoms. The molecule has 2 aromatic heterocycles. The summed E-state index contributed by atoms with van der Waals surface area (Å²) >= 11 is 1.24. The number of aliphatic hydroxyl groups is 2. The molecule has 0 saturated carbocycles. The molecule has 159 valence electrons. The number of phosphoric acid groups is 1. The number of fused-ring (bicyclic) bond motifs is 1. The first-order valence-electron chi connectivity index (χ1n) is 7.79. The van der Waals surface area contributed by atoms with Gasteiger partial charge in [-0.2, -0.15) is 0 Å². The Hall–Kier alpha value is -0.895. The number of ether oxygens (including phenoxy) is 1. The Labute approximate surface area is 168 Å². The number of nitrogens with zero attached hydrogens (tertiary/aromatic N) is 4. The molecule has 1 radical (unpaired) electrons. The summed E-state index contributed by atoms with van der Waals surface area (Å²) in [6, 6.07) is 0. The molecule has 1 saturated heterocycles. The summed E-state index contributed by atoms with van der Waals surface area (Å²) in [5.41, 5.74) is 6.38. The molecule has 3 heterocycles. The quantitative estimate of drug-likeness (QED) is 0.121. The second-order valence-electron chi connectivity index (χ2n) is 5.90. The molecule has 0 spiro atoms. The van der Waals surface area contributed by atoms with Gasteiger partial charge in [-0.3, -0.25) is 0 Å². The molecule has 5 unspecified atom stereocenters. The first kappa shape index (κ1) is 22.8. The SMILES string of the molecule is [B]=P(O)(OCC1OC(n2cnc3c(N)nc(SC)nc32)C(O)C1O)OP(=O)(O)O. The van der Waals surface area contributed by atoms with Crippen LogP contribution in [0.3, 0.4) is 0 Å². The van der Waals surface area contributed by atoms with Gasteiger partial charge in [-0.25, -0.2) is 0 Å². The first-order chi connectivity index (χ1) is 13.4. The van der Waals surface area contributed by atoms with Crippen LogP contribution >= 0.6 is 27.0 Å². The van der Waals surface area contributed by atoms with Crippen LogP contribution in [0.5, 0.6) is 0 Å². The van der Waals surface area contributed by atoms with E-state index in [1.807, 2.05) is 0 Å². The summed E-state index contributed by atoms with van der Waals surface area (Å²) in [5.74, 6) is 0.124. The maximum absolute atomic E-state index is 10.8. The van der Waals surface area contributed by atoms with Crippen molar-refractivity contribution in [3.8, 4) is 0 Å². The molecule has 0 aromatic carbocycles. The third kappa shape index (κ3) is 5.06. The molecule has 1 fully saturated rings. The average Bonchev–Trinajstić information content (AvgIpc) is 3.13. The summed E-state index contributed by atoms with van der Waals surface area (Å²) in [6.07, 6.45) is -2.28. The summed E-state index contributed by atoms with van der Waals surface area (Å²) in [5, 5.41) is 21.0. The van der Waals surface area contributed by atoms with Gasteiger partial charge in [-0.1, -0.05) is 0 Å². The van der Waals surface area contributed by atoms with Crippen molar-refractivity contribution in [3.63, 3.8) is 0 Å². The Morgan fingerprint density at radius 3 is 2.66 bits per heavy atom. The summed E-state index contributed by atoms with van der Waals surface area (Å²) in [7, 11) is -4.31. The minimum atomic E-state index is -5.11. The van der Waals surface area contributed by atoms with Crippen LogP contribution in [0.2, 0.25) is 0 Å². The molecule has 0 amide bonds. The summed E-state index contributed by atoms with van der Waals surface area (Å²) in [6.45, 7) is -0.630. The Morgan fingerprint density at radius 1 is 1.34 bits per heavy atom. The number of hydrogen-bond acceptors (Lipinski definition) is 12. The maximum atomic E-state index is 10.8. The normalized spacial score (nSPS) is 27.3.